The lowest BCUT2D eigenvalue weighted by Crippen LogP contribution is -2.44. The first-order valence-corrected chi connectivity index (χ1v) is 8.99. The number of hydrogen-bond donors (Lipinski definition) is 0. The molecule has 2 amide bonds. The van der Waals surface area contributed by atoms with Gasteiger partial charge in [-0.15, -0.1) is 0 Å². The summed E-state index contributed by atoms with van der Waals surface area (Å²) in [7, 11) is 1.35. The molecular formula is C20H19N3O5. The molecule has 0 N–H and O–H groups in total. The van der Waals surface area contributed by atoms with Crippen molar-refractivity contribution in [2.75, 3.05) is 18.6 Å². The predicted molar refractivity (Wildman–Crippen MR) is 101 cm³/mol. The van der Waals surface area contributed by atoms with E-state index >= 15 is 0 Å². The molecule has 2 aromatic rings. The van der Waals surface area contributed by atoms with Crippen LogP contribution in [-0.4, -0.2) is 41.3 Å². The van der Waals surface area contributed by atoms with Crippen molar-refractivity contribution in [2.24, 2.45) is 0 Å². The van der Waals surface area contributed by atoms with E-state index in [4.69, 9.17) is 4.74 Å². The summed E-state index contributed by atoms with van der Waals surface area (Å²) in [6.45, 7) is 1.32. The smallest absolute Gasteiger partial charge is 0.273 e. The van der Waals surface area contributed by atoms with Gasteiger partial charge in [0.25, 0.3) is 11.6 Å². The van der Waals surface area contributed by atoms with Crippen LogP contribution in [0, 0.1) is 10.1 Å². The lowest BCUT2D eigenvalue weighted by atomic mass is 9.98. The summed E-state index contributed by atoms with van der Waals surface area (Å²) in [5.41, 5.74) is 2.51. The number of non-ortho nitro benzene ring substituents is 1. The van der Waals surface area contributed by atoms with E-state index in [0.717, 1.165) is 11.3 Å². The third kappa shape index (κ3) is 3.01. The number of carbonyl (C=O) groups excluding carboxylic acids is 2. The van der Waals surface area contributed by atoms with Crippen molar-refractivity contribution < 1.29 is 19.2 Å². The van der Waals surface area contributed by atoms with Crippen molar-refractivity contribution in [2.45, 2.75) is 25.4 Å². The molecule has 0 bridgehead atoms. The SMILES string of the molecule is COc1cc([N+](=O)[O-])ccc1N1C(=O)CC(N2CCc3ccccc3C2)C1=O. The quantitative estimate of drug-likeness (QED) is 0.458. The van der Waals surface area contributed by atoms with Crippen LogP contribution < -0.4 is 9.64 Å². The molecular weight excluding hydrogens is 362 g/mol. The zero-order valence-corrected chi connectivity index (χ0v) is 15.3. The van der Waals surface area contributed by atoms with Crippen molar-refractivity contribution in [3.05, 3.63) is 63.7 Å². The number of fused-ring (bicyclic) bond motifs is 1. The molecule has 1 atom stereocenters. The molecule has 0 aromatic heterocycles. The van der Waals surface area contributed by atoms with Crippen molar-refractivity contribution in [1.82, 2.24) is 4.90 Å². The average molecular weight is 381 g/mol. The second kappa shape index (κ2) is 7.05. The number of anilines is 1. The van der Waals surface area contributed by atoms with Crippen LogP contribution in [0.15, 0.2) is 42.5 Å². The van der Waals surface area contributed by atoms with Gasteiger partial charge < -0.3 is 4.74 Å². The van der Waals surface area contributed by atoms with Gasteiger partial charge in [-0.05, 0) is 23.6 Å². The lowest BCUT2D eigenvalue weighted by Gasteiger charge is -2.32. The van der Waals surface area contributed by atoms with E-state index in [2.05, 4.69) is 6.07 Å². The number of carbonyl (C=O) groups is 2. The van der Waals surface area contributed by atoms with Gasteiger partial charge in [0.1, 0.15) is 5.75 Å². The van der Waals surface area contributed by atoms with Crippen molar-refractivity contribution in [3.63, 3.8) is 0 Å². The number of hydrogen-bond acceptors (Lipinski definition) is 6. The normalized spacial score (nSPS) is 19.6. The maximum atomic E-state index is 13.1. The van der Waals surface area contributed by atoms with E-state index < -0.39 is 11.0 Å². The molecule has 2 aliphatic heterocycles. The van der Waals surface area contributed by atoms with Gasteiger partial charge in [0.05, 0.1) is 36.2 Å². The Bertz CT molecular complexity index is 974. The first-order chi connectivity index (χ1) is 13.5. The fourth-order valence-electron chi connectivity index (χ4n) is 3.90. The Hall–Kier alpha value is -3.26. The zero-order chi connectivity index (χ0) is 19.8. The Morgan fingerprint density at radius 1 is 1.14 bits per heavy atom. The topological polar surface area (TPSA) is 93.0 Å². The Morgan fingerprint density at radius 3 is 2.61 bits per heavy atom. The minimum atomic E-state index is -0.548. The third-order valence-electron chi connectivity index (χ3n) is 5.34. The number of nitro groups is 1. The molecule has 0 saturated carbocycles. The molecule has 0 spiro atoms. The number of rotatable bonds is 4. The monoisotopic (exact) mass is 381 g/mol. The van der Waals surface area contributed by atoms with E-state index in [0.29, 0.717) is 13.1 Å². The van der Waals surface area contributed by atoms with Crippen LogP contribution in [0.1, 0.15) is 17.5 Å². The maximum absolute atomic E-state index is 13.1. The van der Waals surface area contributed by atoms with Crippen LogP contribution in [0.5, 0.6) is 5.75 Å². The van der Waals surface area contributed by atoms with E-state index in [1.807, 2.05) is 23.1 Å². The van der Waals surface area contributed by atoms with Gasteiger partial charge in [0.15, 0.2) is 0 Å². The van der Waals surface area contributed by atoms with E-state index in [1.54, 1.807) is 0 Å². The summed E-state index contributed by atoms with van der Waals surface area (Å²) in [6.07, 6.45) is 0.913. The molecule has 4 rings (SSSR count). The van der Waals surface area contributed by atoms with Crippen LogP contribution in [0.4, 0.5) is 11.4 Å². The minimum Gasteiger partial charge on any atom is -0.494 e. The fraction of sp³-hybridized carbons (Fsp3) is 0.300. The number of benzene rings is 2. The number of nitro benzene ring substituents is 1. The molecule has 0 aliphatic carbocycles. The molecule has 144 valence electrons. The first kappa shape index (κ1) is 18.1. The standard InChI is InChI=1S/C20H19N3O5/c1-28-18-10-15(23(26)27)6-7-16(18)22-19(24)11-17(20(22)25)21-9-8-13-4-2-3-5-14(13)12-21/h2-7,10,17H,8-9,11-12H2,1H3. The molecule has 8 heteroatoms. The van der Waals surface area contributed by atoms with Gasteiger partial charge in [-0.3, -0.25) is 24.6 Å². The fourth-order valence-corrected chi connectivity index (χ4v) is 3.90. The third-order valence-corrected chi connectivity index (χ3v) is 5.34. The summed E-state index contributed by atoms with van der Waals surface area (Å²) in [4.78, 5) is 39.3. The Balaban J connectivity index is 1.61. The summed E-state index contributed by atoms with van der Waals surface area (Å²) < 4.78 is 5.21. The molecule has 2 aliphatic rings. The maximum Gasteiger partial charge on any atom is 0.273 e. The second-order valence-corrected chi connectivity index (χ2v) is 6.89. The summed E-state index contributed by atoms with van der Waals surface area (Å²) in [6, 6.07) is 11.4. The highest BCUT2D eigenvalue weighted by Crippen LogP contribution is 2.36. The van der Waals surface area contributed by atoms with Gasteiger partial charge in [-0.25, -0.2) is 4.90 Å². The van der Waals surface area contributed by atoms with Crippen LogP contribution in [0.25, 0.3) is 0 Å². The van der Waals surface area contributed by atoms with Gasteiger partial charge >= 0.3 is 0 Å². The second-order valence-electron chi connectivity index (χ2n) is 6.89. The zero-order valence-electron chi connectivity index (χ0n) is 15.3. The lowest BCUT2D eigenvalue weighted by molar-refractivity contribution is -0.384. The number of amides is 2. The number of methoxy groups -OCH3 is 1. The minimum absolute atomic E-state index is 0.0845. The molecule has 2 heterocycles. The highest BCUT2D eigenvalue weighted by Gasteiger charge is 2.44. The van der Waals surface area contributed by atoms with Crippen LogP contribution in [0.2, 0.25) is 0 Å². The summed E-state index contributed by atoms with van der Waals surface area (Å²) in [5.74, 6) is -0.530. The van der Waals surface area contributed by atoms with Crippen LogP contribution in [-0.2, 0) is 22.6 Å². The molecule has 1 fully saturated rings. The average Bonchev–Trinajstić information content (AvgIpc) is 3.01. The summed E-state index contributed by atoms with van der Waals surface area (Å²) in [5, 5.41) is 11.0. The van der Waals surface area contributed by atoms with Crippen molar-refractivity contribution in [3.8, 4) is 5.75 Å². The molecule has 8 nitrogen and oxygen atoms in total. The largest absolute Gasteiger partial charge is 0.494 e. The number of ether oxygens (including phenoxy) is 1. The Morgan fingerprint density at radius 2 is 1.89 bits per heavy atom. The van der Waals surface area contributed by atoms with Gasteiger partial charge in [0.2, 0.25) is 5.91 Å². The number of nitrogens with zero attached hydrogens (tertiary/aromatic N) is 3. The van der Waals surface area contributed by atoms with E-state index in [-0.39, 0.29) is 35.4 Å². The molecule has 28 heavy (non-hydrogen) atoms. The Labute approximate surface area is 161 Å². The number of imide groups is 1. The Kier molecular flexibility index (Phi) is 4.56. The van der Waals surface area contributed by atoms with Crippen LogP contribution in [0.3, 0.4) is 0 Å². The first-order valence-electron chi connectivity index (χ1n) is 8.99. The molecule has 1 unspecified atom stereocenters. The molecule has 0 radical (unpaired) electrons. The van der Waals surface area contributed by atoms with Crippen molar-refractivity contribution >= 4 is 23.2 Å². The highest BCUT2D eigenvalue weighted by molar-refractivity contribution is 6.23. The summed E-state index contributed by atoms with van der Waals surface area (Å²) >= 11 is 0. The van der Waals surface area contributed by atoms with Crippen molar-refractivity contribution in [1.29, 1.82) is 0 Å². The van der Waals surface area contributed by atoms with Crippen LogP contribution >= 0.6 is 0 Å². The van der Waals surface area contributed by atoms with E-state index in [1.165, 1.54) is 36.4 Å². The molecule has 2 aromatic carbocycles. The van der Waals surface area contributed by atoms with Gasteiger partial charge in [-0.2, -0.15) is 0 Å². The predicted octanol–water partition coefficient (Wildman–Crippen LogP) is 2.29. The van der Waals surface area contributed by atoms with Gasteiger partial charge in [-0.1, -0.05) is 24.3 Å². The highest BCUT2D eigenvalue weighted by atomic mass is 16.6. The van der Waals surface area contributed by atoms with Gasteiger partial charge in [0, 0.05) is 19.2 Å². The van der Waals surface area contributed by atoms with E-state index in [9.17, 15) is 19.7 Å². The molecule has 1 saturated heterocycles.